The number of ether oxygens (including phenoxy) is 1. The van der Waals surface area contributed by atoms with Crippen LogP contribution >= 0.6 is 0 Å². The Balaban J connectivity index is 1.50. The molecule has 4 rings (SSSR count). The number of halogens is 3. The molecule has 0 amide bonds. The van der Waals surface area contributed by atoms with Crippen molar-refractivity contribution in [1.82, 2.24) is 30.6 Å². The van der Waals surface area contributed by atoms with Gasteiger partial charge in [0.05, 0.1) is 0 Å². The summed E-state index contributed by atoms with van der Waals surface area (Å²) in [5.74, 6) is 0.302. The van der Waals surface area contributed by atoms with E-state index in [0.717, 1.165) is 0 Å². The number of aromatic amines is 1. The first-order chi connectivity index (χ1) is 15.4. The van der Waals surface area contributed by atoms with Gasteiger partial charge in [-0.25, -0.2) is 4.98 Å². The lowest BCUT2D eigenvalue weighted by molar-refractivity contribution is -0.137. The molecule has 0 saturated carbocycles. The summed E-state index contributed by atoms with van der Waals surface area (Å²) in [7, 11) is 0. The number of tetrazole rings is 1. The van der Waals surface area contributed by atoms with Crippen LogP contribution in [0.1, 0.15) is 11.4 Å². The maximum Gasteiger partial charge on any atom is 0.421 e. The number of aromatic nitrogens is 6. The molecule has 32 heavy (non-hydrogen) atoms. The Morgan fingerprint density at radius 1 is 1.03 bits per heavy atom. The molecular formula is C19H15F3N8O2. The average Bonchev–Trinajstić information content (AvgIpc) is 3.26. The van der Waals surface area contributed by atoms with Crippen LogP contribution in [0.2, 0.25) is 0 Å². The molecule has 0 atom stereocenters. The normalized spacial score (nSPS) is 11.2. The van der Waals surface area contributed by atoms with Gasteiger partial charge >= 0.3 is 6.18 Å². The minimum atomic E-state index is -4.67. The largest absolute Gasteiger partial charge is 0.508 e. The number of benzene rings is 2. The molecule has 0 bridgehead atoms. The minimum Gasteiger partial charge on any atom is -0.508 e. The highest BCUT2D eigenvalue weighted by molar-refractivity contribution is 5.64. The number of phenols is 1. The van der Waals surface area contributed by atoms with E-state index in [-0.39, 0.29) is 24.0 Å². The highest BCUT2D eigenvalue weighted by atomic mass is 19.4. The Kier molecular flexibility index (Phi) is 5.70. The van der Waals surface area contributed by atoms with Gasteiger partial charge in [0.25, 0.3) is 0 Å². The number of rotatable bonds is 7. The van der Waals surface area contributed by atoms with Gasteiger partial charge in [0.15, 0.2) is 6.61 Å². The van der Waals surface area contributed by atoms with Gasteiger partial charge in [-0.15, -0.1) is 10.2 Å². The first-order valence-corrected chi connectivity index (χ1v) is 9.09. The number of alkyl halides is 3. The highest BCUT2D eigenvalue weighted by Gasteiger charge is 2.35. The lowest BCUT2D eigenvalue weighted by Gasteiger charge is -2.15. The molecule has 0 aliphatic rings. The second-order valence-corrected chi connectivity index (χ2v) is 6.40. The van der Waals surface area contributed by atoms with Gasteiger partial charge in [0, 0.05) is 23.6 Å². The van der Waals surface area contributed by atoms with Gasteiger partial charge in [-0.1, -0.05) is 11.3 Å². The Hall–Kier alpha value is -4.42. The van der Waals surface area contributed by atoms with Crippen molar-refractivity contribution >= 4 is 23.1 Å². The van der Waals surface area contributed by atoms with E-state index in [9.17, 15) is 18.3 Å². The topological polar surface area (TPSA) is 134 Å². The average molecular weight is 444 g/mol. The molecule has 2 heterocycles. The summed E-state index contributed by atoms with van der Waals surface area (Å²) in [4.78, 5) is 7.72. The Morgan fingerprint density at radius 2 is 1.84 bits per heavy atom. The van der Waals surface area contributed by atoms with Crippen molar-refractivity contribution in [3.63, 3.8) is 0 Å². The van der Waals surface area contributed by atoms with Gasteiger partial charge < -0.3 is 20.5 Å². The smallest absolute Gasteiger partial charge is 0.421 e. The maximum atomic E-state index is 13.4. The Labute approximate surface area is 178 Å². The molecule has 0 aliphatic heterocycles. The molecule has 4 N–H and O–H groups in total. The van der Waals surface area contributed by atoms with Gasteiger partial charge in [-0.05, 0) is 36.4 Å². The van der Waals surface area contributed by atoms with Crippen molar-refractivity contribution < 1.29 is 23.0 Å². The van der Waals surface area contributed by atoms with Crippen molar-refractivity contribution in [2.45, 2.75) is 12.8 Å². The number of hydrogen-bond acceptors (Lipinski definition) is 9. The fourth-order valence-corrected chi connectivity index (χ4v) is 2.62. The number of nitrogens with one attached hydrogen (secondary N) is 3. The lowest BCUT2D eigenvalue weighted by atomic mass is 10.2. The number of aromatic hydroxyl groups is 1. The molecule has 0 aliphatic carbocycles. The van der Waals surface area contributed by atoms with Crippen molar-refractivity contribution in [3.8, 4) is 11.5 Å². The molecule has 164 valence electrons. The summed E-state index contributed by atoms with van der Waals surface area (Å²) in [6, 6.07) is 12.3. The van der Waals surface area contributed by atoms with Crippen LogP contribution in [0, 0.1) is 0 Å². The zero-order valence-electron chi connectivity index (χ0n) is 16.1. The predicted molar refractivity (Wildman–Crippen MR) is 107 cm³/mol. The molecule has 0 fully saturated rings. The summed E-state index contributed by atoms with van der Waals surface area (Å²) in [6.07, 6.45) is -3.99. The van der Waals surface area contributed by atoms with Gasteiger partial charge in [0.1, 0.15) is 22.9 Å². The van der Waals surface area contributed by atoms with Crippen LogP contribution in [-0.2, 0) is 12.8 Å². The van der Waals surface area contributed by atoms with Crippen LogP contribution in [0.25, 0.3) is 0 Å². The monoisotopic (exact) mass is 444 g/mol. The molecule has 2 aromatic heterocycles. The lowest BCUT2D eigenvalue weighted by Crippen LogP contribution is -2.12. The van der Waals surface area contributed by atoms with E-state index in [1.807, 2.05) is 0 Å². The van der Waals surface area contributed by atoms with Crippen LogP contribution in [0.5, 0.6) is 11.5 Å². The van der Waals surface area contributed by atoms with E-state index in [4.69, 9.17) is 4.74 Å². The molecule has 10 nitrogen and oxygen atoms in total. The zero-order chi connectivity index (χ0) is 22.6. The molecule has 2 aromatic carbocycles. The summed E-state index contributed by atoms with van der Waals surface area (Å²) >= 11 is 0. The van der Waals surface area contributed by atoms with Crippen molar-refractivity contribution in [2.75, 3.05) is 10.6 Å². The second kappa shape index (κ2) is 8.75. The highest BCUT2D eigenvalue weighted by Crippen LogP contribution is 2.35. The number of nitrogens with zero attached hydrogens (tertiary/aromatic N) is 5. The molecule has 13 heteroatoms. The number of anilines is 4. The standard InChI is InChI=1S/C19H15F3N8O2/c20-19(21,22)15-9-23-18(26-17(15)24-12-2-1-3-13(31)8-12)25-11-4-6-14(7-5-11)32-10-16-27-29-30-28-16/h1-9,31H,10H2,(H2,23,24,25,26)(H,27,28,29,30). The third-order valence-electron chi connectivity index (χ3n) is 4.07. The van der Waals surface area contributed by atoms with Gasteiger partial charge in [0.2, 0.25) is 11.8 Å². The Morgan fingerprint density at radius 3 is 2.53 bits per heavy atom. The number of phenolic OH excluding ortho intramolecular Hbond substituents is 1. The van der Waals surface area contributed by atoms with Crippen LogP contribution in [0.3, 0.4) is 0 Å². The molecule has 0 saturated heterocycles. The van der Waals surface area contributed by atoms with Crippen molar-refractivity contribution in [1.29, 1.82) is 0 Å². The molecule has 0 radical (unpaired) electrons. The van der Waals surface area contributed by atoms with Crippen LogP contribution in [-0.4, -0.2) is 35.7 Å². The third-order valence-corrected chi connectivity index (χ3v) is 4.07. The van der Waals surface area contributed by atoms with Crippen LogP contribution in [0.15, 0.2) is 54.7 Å². The third kappa shape index (κ3) is 5.19. The number of hydrogen-bond donors (Lipinski definition) is 4. The van der Waals surface area contributed by atoms with Crippen LogP contribution < -0.4 is 15.4 Å². The minimum absolute atomic E-state index is 0.0545. The van der Waals surface area contributed by atoms with E-state index in [1.165, 1.54) is 24.3 Å². The first-order valence-electron chi connectivity index (χ1n) is 9.09. The zero-order valence-corrected chi connectivity index (χ0v) is 16.1. The molecule has 4 aromatic rings. The van der Waals surface area contributed by atoms with E-state index < -0.39 is 17.6 Å². The summed E-state index contributed by atoms with van der Waals surface area (Å²) in [5, 5.41) is 28.3. The summed E-state index contributed by atoms with van der Waals surface area (Å²) in [6.45, 7) is 0.120. The van der Waals surface area contributed by atoms with Gasteiger partial charge in [-0.3, -0.25) is 0 Å². The summed E-state index contributed by atoms with van der Waals surface area (Å²) in [5.41, 5.74) is -0.278. The fourth-order valence-electron chi connectivity index (χ4n) is 2.62. The van der Waals surface area contributed by atoms with Crippen molar-refractivity contribution in [3.05, 3.63) is 66.1 Å². The predicted octanol–water partition coefficient (Wildman–Crippen LogP) is 3.78. The van der Waals surface area contributed by atoms with E-state index in [2.05, 4.69) is 41.2 Å². The fraction of sp³-hybridized carbons (Fsp3) is 0.105. The van der Waals surface area contributed by atoms with Crippen molar-refractivity contribution in [2.24, 2.45) is 0 Å². The maximum absolute atomic E-state index is 13.4. The second-order valence-electron chi connectivity index (χ2n) is 6.40. The van der Waals surface area contributed by atoms with E-state index in [0.29, 0.717) is 23.5 Å². The molecule has 0 unspecified atom stereocenters. The Bertz CT molecular complexity index is 1180. The van der Waals surface area contributed by atoms with E-state index >= 15 is 0 Å². The van der Waals surface area contributed by atoms with Crippen LogP contribution in [0.4, 0.5) is 36.3 Å². The molecular weight excluding hydrogens is 429 g/mol. The quantitative estimate of drug-likeness (QED) is 0.336. The molecule has 0 spiro atoms. The van der Waals surface area contributed by atoms with E-state index in [1.54, 1.807) is 24.3 Å². The summed E-state index contributed by atoms with van der Waals surface area (Å²) < 4.78 is 45.7. The first kappa shape index (κ1) is 20.8. The van der Waals surface area contributed by atoms with Gasteiger partial charge in [-0.2, -0.15) is 23.4 Å². The SMILES string of the molecule is Oc1cccc(Nc2nc(Nc3ccc(OCc4nn[nH]n4)cc3)ncc2C(F)(F)F)c1. The number of H-pyrrole nitrogens is 1.